The van der Waals surface area contributed by atoms with E-state index in [1.54, 1.807) is 11.3 Å². The van der Waals surface area contributed by atoms with Crippen molar-refractivity contribution in [3.8, 4) is 17.6 Å². The molecule has 2 aromatic carbocycles. The Balaban J connectivity index is 1.89. The minimum atomic E-state index is 0.545. The first kappa shape index (κ1) is 18.3. The summed E-state index contributed by atoms with van der Waals surface area (Å²) in [5.74, 6) is 1.46. The summed E-state index contributed by atoms with van der Waals surface area (Å²) in [4.78, 5) is 5.14. The maximum Gasteiger partial charge on any atom is 0.156 e. The van der Waals surface area contributed by atoms with Gasteiger partial charge in [-0.15, -0.1) is 11.3 Å². The second-order valence-electron chi connectivity index (χ2n) is 5.24. The number of aromatic nitrogens is 1. The molecule has 3 rings (SSSR count). The molecule has 0 radical (unpaired) electrons. The Bertz CT molecular complexity index is 940. The number of nitriles is 1. The van der Waals surface area contributed by atoms with Gasteiger partial charge >= 0.3 is 0 Å². The lowest BCUT2D eigenvalue weighted by atomic mass is 10.1. The fourth-order valence-corrected chi connectivity index (χ4v) is 4.35. The lowest BCUT2D eigenvalue weighted by Crippen LogP contribution is -1.97. The Labute approximate surface area is 161 Å². The number of thioether (sulfide) groups is 1. The molecule has 0 aliphatic carbocycles. The zero-order valence-electron chi connectivity index (χ0n) is 14.6. The summed E-state index contributed by atoms with van der Waals surface area (Å²) in [7, 11) is 0. The number of benzene rings is 2. The van der Waals surface area contributed by atoms with Crippen molar-refractivity contribution in [1.29, 1.82) is 5.26 Å². The molecule has 132 valence electrons. The number of hydrogen-bond donors (Lipinski definition) is 0. The van der Waals surface area contributed by atoms with Crippen molar-refractivity contribution in [2.75, 3.05) is 13.2 Å². The zero-order valence-corrected chi connectivity index (χ0v) is 16.2. The summed E-state index contributed by atoms with van der Waals surface area (Å²) in [6.45, 7) is 5.01. The number of thiazole rings is 1. The van der Waals surface area contributed by atoms with Gasteiger partial charge in [0.1, 0.15) is 17.6 Å². The molecule has 0 amide bonds. The van der Waals surface area contributed by atoms with Crippen LogP contribution in [-0.4, -0.2) is 18.2 Å². The molecule has 0 fully saturated rings. The number of hydrogen-bond acceptors (Lipinski definition) is 6. The maximum atomic E-state index is 9.56. The Morgan fingerprint density at radius 3 is 2.73 bits per heavy atom. The summed E-state index contributed by atoms with van der Waals surface area (Å²) in [6, 6.07) is 15.9. The van der Waals surface area contributed by atoms with Gasteiger partial charge in [-0.3, -0.25) is 0 Å². The zero-order chi connectivity index (χ0) is 18.4. The van der Waals surface area contributed by atoms with Gasteiger partial charge in [-0.05, 0) is 56.0 Å². The number of para-hydroxylation sites is 1. The fraction of sp³-hybridized carbons (Fsp3) is 0.200. The van der Waals surface area contributed by atoms with Gasteiger partial charge in [-0.25, -0.2) is 4.98 Å². The van der Waals surface area contributed by atoms with E-state index in [9.17, 15) is 5.26 Å². The maximum absolute atomic E-state index is 9.56. The van der Waals surface area contributed by atoms with E-state index in [0.29, 0.717) is 23.9 Å². The van der Waals surface area contributed by atoms with E-state index in [-0.39, 0.29) is 0 Å². The molecular formula is C20H18N2O2S2. The van der Waals surface area contributed by atoms with Gasteiger partial charge in [-0.2, -0.15) is 5.26 Å². The first-order valence-electron chi connectivity index (χ1n) is 8.28. The van der Waals surface area contributed by atoms with Gasteiger partial charge in [0.25, 0.3) is 0 Å². The van der Waals surface area contributed by atoms with Crippen LogP contribution in [0.3, 0.4) is 0 Å². The lowest BCUT2D eigenvalue weighted by Gasteiger charge is -2.10. The monoisotopic (exact) mass is 382 g/mol. The highest BCUT2D eigenvalue weighted by Gasteiger charge is 2.10. The first-order chi connectivity index (χ1) is 12.7. The summed E-state index contributed by atoms with van der Waals surface area (Å²) < 4.78 is 13.2. The van der Waals surface area contributed by atoms with Crippen molar-refractivity contribution in [1.82, 2.24) is 4.98 Å². The van der Waals surface area contributed by atoms with Crippen LogP contribution in [0.5, 0.6) is 11.5 Å². The molecule has 0 atom stereocenters. The highest BCUT2D eigenvalue weighted by atomic mass is 32.2. The number of ether oxygens (including phenoxy) is 2. The predicted octanol–water partition coefficient (Wildman–Crippen LogP) is 5.75. The van der Waals surface area contributed by atoms with Crippen LogP contribution >= 0.6 is 23.1 Å². The van der Waals surface area contributed by atoms with Crippen LogP contribution in [0.15, 0.2) is 51.7 Å². The van der Waals surface area contributed by atoms with Crippen LogP contribution in [-0.2, 0) is 0 Å². The van der Waals surface area contributed by atoms with Gasteiger partial charge in [0.2, 0.25) is 0 Å². The van der Waals surface area contributed by atoms with Crippen LogP contribution in [0.1, 0.15) is 19.4 Å². The second-order valence-corrected chi connectivity index (χ2v) is 7.56. The molecule has 0 aliphatic rings. The quantitative estimate of drug-likeness (QED) is 0.385. The van der Waals surface area contributed by atoms with Crippen molar-refractivity contribution in [2.45, 2.75) is 18.2 Å². The van der Waals surface area contributed by atoms with Crippen molar-refractivity contribution in [3.05, 3.63) is 52.9 Å². The SMILES string of the molecule is CCOc1ccc(C=C(C#N)Sc2nc3ccccc3s2)c(OCC)c1. The van der Waals surface area contributed by atoms with E-state index < -0.39 is 0 Å². The average molecular weight is 383 g/mol. The molecular weight excluding hydrogens is 364 g/mol. The summed E-state index contributed by atoms with van der Waals surface area (Å²) in [6.07, 6.45) is 1.83. The third-order valence-electron chi connectivity index (χ3n) is 3.46. The number of fused-ring (bicyclic) bond motifs is 1. The molecule has 0 N–H and O–H groups in total. The molecule has 0 bridgehead atoms. The molecule has 3 aromatic rings. The van der Waals surface area contributed by atoms with E-state index in [2.05, 4.69) is 11.1 Å². The number of rotatable bonds is 7. The van der Waals surface area contributed by atoms with Crippen LogP contribution < -0.4 is 9.47 Å². The molecule has 26 heavy (non-hydrogen) atoms. The van der Waals surface area contributed by atoms with E-state index in [1.807, 2.05) is 62.4 Å². The normalized spacial score (nSPS) is 11.3. The van der Waals surface area contributed by atoms with E-state index in [0.717, 1.165) is 25.9 Å². The Morgan fingerprint density at radius 1 is 1.19 bits per heavy atom. The topological polar surface area (TPSA) is 55.1 Å². The van der Waals surface area contributed by atoms with Crippen molar-refractivity contribution < 1.29 is 9.47 Å². The van der Waals surface area contributed by atoms with Crippen LogP contribution in [0.4, 0.5) is 0 Å². The van der Waals surface area contributed by atoms with Crippen LogP contribution in [0.25, 0.3) is 16.3 Å². The summed E-state index contributed by atoms with van der Waals surface area (Å²) in [5, 5.41) is 9.56. The van der Waals surface area contributed by atoms with E-state index in [1.165, 1.54) is 11.8 Å². The Kier molecular flexibility index (Phi) is 6.16. The van der Waals surface area contributed by atoms with E-state index >= 15 is 0 Å². The van der Waals surface area contributed by atoms with Gasteiger partial charge in [0.05, 0.1) is 28.3 Å². The fourth-order valence-electron chi connectivity index (χ4n) is 2.39. The summed E-state index contributed by atoms with van der Waals surface area (Å²) in [5.41, 5.74) is 1.80. The molecule has 0 aliphatic heterocycles. The third kappa shape index (κ3) is 4.37. The molecule has 1 heterocycles. The average Bonchev–Trinajstić information content (AvgIpc) is 3.06. The van der Waals surface area contributed by atoms with Crippen molar-refractivity contribution in [2.24, 2.45) is 0 Å². The summed E-state index contributed by atoms with van der Waals surface area (Å²) >= 11 is 2.95. The second kappa shape index (κ2) is 8.75. The molecule has 6 heteroatoms. The van der Waals surface area contributed by atoms with Crippen LogP contribution in [0, 0.1) is 11.3 Å². The Hall–Kier alpha value is -2.49. The van der Waals surface area contributed by atoms with Crippen molar-refractivity contribution >= 4 is 39.4 Å². The molecule has 0 saturated heterocycles. The molecule has 1 aromatic heterocycles. The van der Waals surface area contributed by atoms with Gasteiger partial charge in [0, 0.05) is 11.6 Å². The largest absolute Gasteiger partial charge is 0.494 e. The molecule has 0 saturated carbocycles. The third-order valence-corrected chi connectivity index (χ3v) is 5.49. The smallest absolute Gasteiger partial charge is 0.156 e. The lowest BCUT2D eigenvalue weighted by molar-refractivity contribution is 0.322. The minimum Gasteiger partial charge on any atom is -0.494 e. The number of allylic oxidation sites excluding steroid dienone is 1. The highest BCUT2D eigenvalue weighted by molar-refractivity contribution is 8.05. The first-order valence-corrected chi connectivity index (χ1v) is 9.91. The highest BCUT2D eigenvalue weighted by Crippen LogP contribution is 2.36. The molecule has 0 spiro atoms. The van der Waals surface area contributed by atoms with Crippen LogP contribution in [0.2, 0.25) is 0 Å². The predicted molar refractivity (Wildman–Crippen MR) is 108 cm³/mol. The number of nitrogens with zero attached hydrogens (tertiary/aromatic N) is 2. The van der Waals surface area contributed by atoms with Gasteiger partial charge < -0.3 is 9.47 Å². The van der Waals surface area contributed by atoms with Crippen molar-refractivity contribution in [3.63, 3.8) is 0 Å². The van der Waals surface area contributed by atoms with Gasteiger partial charge in [-0.1, -0.05) is 12.1 Å². The van der Waals surface area contributed by atoms with E-state index in [4.69, 9.17) is 9.47 Å². The molecule has 4 nitrogen and oxygen atoms in total. The minimum absolute atomic E-state index is 0.545. The Morgan fingerprint density at radius 2 is 2.00 bits per heavy atom. The standard InChI is InChI=1S/C20H18N2O2S2/c1-3-23-15-10-9-14(18(12-15)24-4-2)11-16(13-21)25-20-22-17-7-5-6-8-19(17)26-20/h5-12H,3-4H2,1-2H3. The van der Waals surface area contributed by atoms with Gasteiger partial charge in [0.15, 0.2) is 4.34 Å². The molecule has 0 unspecified atom stereocenters.